The van der Waals surface area contributed by atoms with Crippen LogP contribution in [-0.2, 0) is 34.4 Å². The van der Waals surface area contributed by atoms with Crippen LogP contribution < -0.4 is 5.73 Å². The lowest BCUT2D eigenvalue weighted by molar-refractivity contribution is -0.0172. The Labute approximate surface area is 206 Å². The van der Waals surface area contributed by atoms with Gasteiger partial charge in [0, 0.05) is 5.75 Å². The molecule has 34 heavy (non-hydrogen) atoms. The zero-order valence-corrected chi connectivity index (χ0v) is 22.5. The highest BCUT2D eigenvalue weighted by atomic mass is 33.1. The van der Waals surface area contributed by atoms with Crippen molar-refractivity contribution >= 4 is 52.3 Å². The average Bonchev–Trinajstić information content (AvgIpc) is 3.18. The minimum atomic E-state index is -3.72. The van der Waals surface area contributed by atoms with E-state index in [4.69, 9.17) is 29.0 Å². The number of hydrogen-bond acceptors (Lipinski definition) is 13. The molecule has 0 aliphatic heterocycles. The second-order valence-corrected chi connectivity index (χ2v) is 13.0. The highest BCUT2D eigenvalue weighted by Crippen LogP contribution is 2.48. The SMILES string of the molecule is CSSCCOP(=O)(CO[C@H](C)Cn1cnc2c(N)ncnc21)OCOC(=O)OCC(C)(C)C. The van der Waals surface area contributed by atoms with Crippen molar-refractivity contribution in [3.05, 3.63) is 12.7 Å². The molecule has 0 aliphatic rings. The molecule has 0 amide bonds. The number of ether oxygens (including phenoxy) is 3. The molecule has 1 unspecified atom stereocenters. The molecule has 192 valence electrons. The van der Waals surface area contributed by atoms with E-state index in [0.29, 0.717) is 23.5 Å². The van der Waals surface area contributed by atoms with Gasteiger partial charge in [0.05, 0.1) is 32.2 Å². The van der Waals surface area contributed by atoms with E-state index in [2.05, 4.69) is 15.0 Å². The highest BCUT2D eigenvalue weighted by molar-refractivity contribution is 8.76. The van der Waals surface area contributed by atoms with Gasteiger partial charge in [-0.2, -0.15) is 0 Å². The topological polar surface area (TPSA) is 150 Å². The molecular weight excluding hydrogens is 505 g/mol. The van der Waals surface area contributed by atoms with Crippen LogP contribution in [0.5, 0.6) is 0 Å². The number of anilines is 1. The second kappa shape index (κ2) is 13.5. The fraction of sp³-hybridized carbons (Fsp3) is 0.684. The maximum absolute atomic E-state index is 13.2. The van der Waals surface area contributed by atoms with Gasteiger partial charge >= 0.3 is 13.8 Å². The van der Waals surface area contributed by atoms with E-state index in [1.165, 1.54) is 6.33 Å². The predicted octanol–water partition coefficient (Wildman–Crippen LogP) is 4.17. The Kier molecular flexibility index (Phi) is 11.4. The number of nitrogens with zero attached hydrogens (tertiary/aromatic N) is 4. The summed E-state index contributed by atoms with van der Waals surface area (Å²) in [6, 6.07) is 0. The standard InChI is InChI=1S/C19H32N5O7PS2/c1-14(8-24-11-23-15-16(20)21-10-22-17(15)24)29-13-32(26,30-6-7-34-33-5)31-12-28-18(25)27-9-19(2,3)4/h10-11,14H,6-9,12-13H2,1-5H3,(H2,20,21,22)/t14-,32?/m1/s1. The van der Waals surface area contributed by atoms with Crippen LogP contribution in [0.1, 0.15) is 27.7 Å². The van der Waals surface area contributed by atoms with Crippen molar-refractivity contribution < 1.29 is 32.6 Å². The van der Waals surface area contributed by atoms with E-state index < -0.39 is 26.6 Å². The van der Waals surface area contributed by atoms with Crippen molar-refractivity contribution in [2.45, 2.75) is 40.3 Å². The van der Waals surface area contributed by atoms with Crippen LogP contribution in [0.4, 0.5) is 10.6 Å². The van der Waals surface area contributed by atoms with Gasteiger partial charge in [0.2, 0.25) is 6.79 Å². The van der Waals surface area contributed by atoms with Crippen LogP contribution >= 0.6 is 29.2 Å². The average molecular weight is 538 g/mol. The number of nitrogen functional groups attached to an aromatic ring is 1. The number of imidazole rings is 1. The van der Waals surface area contributed by atoms with Gasteiger partial charge in [0.25, 0.3) is 0 Å². The fourth-order valence-corrected chi connectivity index (χ4v) is 4.85. The Morgan fingerprint density at radius 1 is 1.24 bits per heavy atom. The molecule has 12 nitrogen and oxygen atoms in total. The van der Waals surface area contributed by atoms with E-state index in [0.717, 1.165) is 0 Å². The van der Waals surface area contributed by atoms with Crippen molar-refractivity contribution in [3.8, 4) is 0 Å². The molecule has 0 bridgehead atoms. The highest BCUT2D eigenvalue weighted by Gasteiger charge is 2.28. The van der Waals surface area contributed by atoms with E-state index in [-0.39, 0.29) is 30.8 Å². The molecule has 2 aromatic rings. The van der Waals surface area contributed by atoms with Crippen LogP contribution in [-0.4, -0.2) is 70.1 Å². The summed E-state index contributed by atoms with van der Waals surface area (Å²) in [6.45, 7) is 7.67. The predicted molar refractivity (Wildman–Crippen MR) is 133 cm³/mol. The minimum absolute atomic E-state index is 0.173. The van der Waals surface area contributed by atoms with Gasteiger partial charge in [-0.1, -0.05) is 42.4 Å². The first-order chi connectivity index (χ1) is 16.0. The van der Waals surface area contributed by atoms with Gasteiger partial charge in [0.1, 0.15) is 18.2 Å². The molecule has 2 aromatic heterocycles. The van der Waals surface area contributed by atoms with Crippen LogP contribution in [0.2, 0.25) is 0 Å². The maximum atomic E-state index is 13.2. The molecule has 0 radical (unpaired) electrons. The summed E-state index contributed by atoms with van der Waals surface area (Å²) in [5.41, 5.74) is 6.66. The van der Waals surface area contributed by atoms with Crippen LogP contribution in [0, 0.1) is 5.41 Å². The third-order valence-electron chi connectivity index (χ3n) is 4.02. The molecule has 0 aromatic carbocycles. The maximum Gasteiger partial charge on any atom is 0.510 e. The lowest BCUT2D eigenvalue weighted by atomic mass is 9.99. The third-order valence-corrected chi connectivity index (χ3v) is 7.34. The fourth-order valence-electron chi connectivity index (χ4n) is 2.46. The summed E-state index contributed by atoms with van der Waals surface area (Å²) in [5, 5.41) is 0. The molecule has 2 atom stereocenters. The number of carbonyl (C=O) groups excluding carboxylic acids is 1. The quantitative estimate of drug-likeness (QED) is 0.121. The van der Waals surface area contributed by atoms with Crippen LogP contribution in [0.3, 0.4) is 0 Å². The first kappa shape index (κ1) is 28.7. The summed E-state index contributed by atoms with van der Waals surface area (Å²) < 4.78 is 41.3. The lowest BCUT2D eigenvalue weighted by Gasteiger charge is -2.21. The largest absolute Gasteiger partial charge is 0.510 e. The number of carbonyl (C=O) groups is 1. The molecule has 0 fully saturated rings. The van der Waals surface area contributed by atoms with Gasteiger partial charge < -0.3 is 29.0 Å². The van der Waals surface area contributed by atoms with Crippen molar-refractivity contribution in [1.29, 1.82) is 0 Å². The Hall–Kier alpha value is -1.57. The molecule has 2 rings (SSSR count). The minimum Gasteiger partial charge on any atom is -0.434 e. The number of rotatable bonds is 14. The third kappa shape index (κ3) is 9.96. The van der Waals surface area contributed by atoms with Crippen molar-refractivity contribution in [1.82, 2.24) is 19.5 Å². The smallest absolute Gasteiger partial charge is 0.434 e. The first-order valence-electron chi connectivity index (χ1n) is 10.4. The Morgan fingerprint density at radius 2 is 2.00 bits per heavy atom. The van der Waals surface area contributed by atoms with E-state index in [1.54, 1.807) is 39.4 Å². The summed E-state index contributed by atoms with van der Waals surface area (Å²) >= 11 is 0. The van der Waals surface area contributed by atoms with E-state index >= 15 is 0 Å². The van der Waals surface area contributed by atoms with Gasteiger partial charge in [-0.05, 0) is 18.6 Å². The van der Waals surface area contributed by atoms with Crippen LogP contribution in [0.15, 0.2) is 12.7 Å². The van der Waals surface area contributed by atoms with E-state index in [9.17, 15) is 9.36 Å². The van der Waals surface area contributed by atoms with Gasteiger partial charge in [-0.3, -0.25) is 9.09 Å². The number of hydrogen-bond donors (Lipinski definition) is 1. The number of nitrogens with two attached hydrogens (primary N) is 1. The monoisotopic (exact) mass is 537 g/mol. The van der Waals surface area contributed by atoms with Crippen molar-refractivity contribution in [2.75, 3.05) is 44.1 Å². The molecule has 0 saturated carbocycles. The van der Waals surface area contributed by atoms with E-state index in [1.807, 2.05) is 27.0 Å². The number of fused-ring (bicyclic) bond motifs is 1. The number of aromatic nitrogens is 4. The lowest BCUT2D eigenvalue weighted by Crippen LogP contribution is -2.20. The first-order valence-corrected chi connectivity index (χ1v) is 14.8. The second-order valence-electron chi connectivity index (χ2n) is 8.36. The zero-order valence-electron chi connectivity index (χ0n) is 20.0. The summed E-state index contributed by atoms with van der Waals surface area (Å²) in [7, 11) is -0.598. The molecule has 2 N–H and O–H groups in total. The Bertz CT molecular complexity index is 972. The molecule has 0 spiro atoms. The summed E-state index contributed by atoms with van der Waals surface area (Å²) in [5.74, 6) is 0.883. The molecule has 0 saturated heterocycles. The van der Waals surface area contributed by atoms with Crippen molar-refractivity contribution in [3.63, 3.8) is 0 Å². The molecule has 2 heterocycles. The normalized spacial score (nSPS) is 14.6. The van der Waals surface area contributed by atoms with Crippen LogP contribution in [0.25, 0.3) is 11.2 Å². The Morgan fingerprint density at radius 3 is 2.71 bits per heavy atom. The zero-order chi connectivity index (χ0) is 25.2. The summed E-state index contributed by atoms with van der Waals surface area (Å²) in [4.78, 5) is 24.1. The van der Waals surface area contributed by atoms with Gasteiger partial charge in [-0.15, -0.1) is 0 Å². The summed E-state index contributed by atoms with van der Waals surface area (Å²) in [6.07, 6.45) is 3.23. The van der Waals surface area contributed by atoms with Gasteiger partial charge in [-0.25, -0.2) is 19.7 Å². The molecular formula is C19H32N5O7PS2. The van der Waals surface area contributed by atoms with Crippen molar-refractivity contribution in [2.24, 2.45) is 5.41 Å². The molecule has 15 heteroatoms. The van der Waals surface area contributed by atoms with Gasteiger partial charge in [0.15, 0.2) is 11.5 Å². The Balaban J connectivity index is 1.90. The molecule has 0 aliphatic carbocycles.